The number of hydrogen-bond acceptors (Lipinski definition) is 5. The molecular formula is C20H19N5O2. The monoisotopic (exact) mass is 361 g/mol. The van der Waals surface area contributed by atoms with Crippen LogP contribution in [0.2, 0.25) is 0 Å². The van der Waals surface area contributed by atoms with E-state index >= 15 is 0 Å². The van der Waals surface area contributed by atoms with E-state index in [0.717, 1.165) is 34.1 Å². The second-order valence-corrected chi connectivity index (χ2v) is 6.35. The molecule has 27 heavy (non-hydrogen) atoms. The molecule has 7 heteroatoms. The first-order valence-corrected chi connectivity index (χ1v) is 8.60. The van der Waals surface area contributed by atoms with Crippen LogP contribution in [-0.4, -0.2) is 33.5 Å². The van der Waals surface area contributed by atoms with Gasteiger partial charge < -0.3 is 10.5 Å². The van der Waals surface area contributed by atoms with E-state index in [1.54, 1.807) is 7.11 Å². The minimum atomic E-state index is -0.516. The van der Waals surface area contributed by atoms with Crippen LogP contribution in [0.5, 0.6) is 5.75 Å². The van der Waals surface area contributed by atoms with Gasteiger partial charge in [-0.05, 0) is 25.1 Å². The summed E-state index contributed by atoms with van der Waals surface area (Å²) in [5.74, 6) is 1.60. The first-order chi connectivity index (χ1) is 13.1. The number of amides is 1. The summed E-state index contributed by atoms with van der Waals surface area (Å²) in [6.07, 6.45) is 0.0551. The third-order valence-electron chi connectivity index (χ3n) is 4.57. The summed E-state index contributed by atoms with van der Waals surface area (Å²) in [5.41, 5.74) is 8.97. The quantitative estimate of drug-likeness (QED) is 0.771. The molecule has 0 bridgehead atoms. The summed E-state index contributed by atoms with van der Waals surface area (Å²) in [5, 5.41) is 8.48. The maximum Gasteiger partial charge on any atom is 0.220 e. The molecule has 4 rings (SSSR count). The van der Waals surface area contributed by atoms with E-state index < -0.39 is 11.9 Å². The minimum Gasteiger partial charge on any atom is -0.497 e. The highest BCUT2D eigenvalue weighted by Crippen LogP contribution is 2.34. The summed E-state index contributed by atoms with van der Waals surface area (Å²) in [7, 11) is 1.63. The molecule has 0 saturated heterocycles. The number of carbonyl (C=O) groups is 1. The Balaban J connectivity index is 2.03. The van der Waals surface area contributed by atoms with Crippen LogP contribution in [0, 0.1) is 6.92 Å². The molecule has 2 heterocycles. The summed E-state index contributed by atoms with van der Waals surface area (Å²) in [6, 6.07) is 15.1. The zero-order valence-corrected chi connectivity index (χ0v) is 15.1. The largest absolute Gasteiger partial charge is 0.497 e. The summed E-state index contributed by atoms with van der Waals surface area (Å²) < 4.78 is 7.36. The van der Waals surface area contributed by atoms with E-state index in [-0.39, 0.29) is 6.42 Å². The molecule has 1 aliphatic rings. The lowest BCUT2D eigenvalue weighted by Gasteiger charge is -2.14. The van der Waals surface area contributed by atoms with Crippen molar-refractivity contribution in [1.82, 2.24) is 14.8 Å². The molecular weight excluding hydrogens is 342 g/mol. The second kappa shape index (κ2) is 6.68. The Morgan fingerprint density at radius 1 is 1.19 bits per heavy atom. The second-order valence-electron chi connectivity index (χ2n) is 6.35. The Morgan fingerprint density at radius 2 is 1.96 bits per heavy atom. The van der Waals surface area contributed by atoms with Crippen molar-refractivity contribution >= 4 is 11.6 Å². The highest BCUT2D eigenvalue weighted by Gasteiger charge is 2.29. The van der Waals surface area contributed by atoms with Crippen molar-refractivity contribution in [3.63, 3.8) is 0 Å². The first kappa shape index (κ1) is 17.0. The molecule has 2 aromatic carbocycles. The predicted molar refractivity (Wildman–Crippen MR) is 101 cm³/mol. The number of fused-ring (bicyclic) bond motifs is 3. The summed E-state index contributed by atoms with van der Waals surface area (Å²) >= 11 is 0. The van der Waals surface area contributed by atoms with Gasteiger partial charge in [0.15, 0.2) is 5.82 Å². The van der Waals surface area contributed by atoms with E-state index in [9.17, 15) is 4.79 Å². The van der Waals surface area contributed by atoms with E-state index in [1.165, 1.54) is 0 Å². The third kappa shape index (κ3) is 2.97. The van der Waals surface area contributed by atoms with Gasteiger partial charge in [-0.15, -0.1) is 10.2 Å². The van der Waals surface area contributed by atoms with Crippen LogP contribution in [0.4, 0.5) is 0 Å². The van der Waals surface area contributed by atoms with Gasteiger partial charge in [-0.2, -0.15) is 0 Å². The maximum atomic E-state index is 11.7. The van der Waals surface area contributed by atoms with Gasteiger partial charge in [-0.3, -0.25) is 14.4 Å². The molecule has 0 spiro atoms. The fraction of sp³-hybridized carbons (Fsp3) is 0.200. The fourth-order valence-corrected chi connectivity index (χ4v) is 3.36. The number of nitrogens with zero attached hydrogens (tertiary/aromatic N) is 4. The summed E-state index contributed by atoms with van der Waals surface area (Å²) in [6.45, 7) is 1.87. The number of carbonyl (C=O) groups excluding carboxylic acids is 1. The van der Waals surface area contributed by atoms with Crippen LogP contribution in [0.1, 0.15) is 35.2 Å². The molecule has 136 valence electrons. The molecule has 3 aromatic rings. The number of nitrogens with two attached hydrogens (primary N) is 1. The van der Waals surface area contributed by atoms with Crippen LogP contribution in [0.25, 0.3) is 5.69 Å². The van der Waals surface area contributed by atoms with E-state index in [2.05, 4.69) is 10.2 Å². The molecule has 0 fully saturated rings. The molecule has 0 unspecified atom stereocenters. The van der Waals surface area contributed by atoms with Crippen LogP contribution in [0.3, 0.4) is 0 Å². The Hall–Kier alpha value is -3.48. The predicted octanol–water partition coefficient (Wildman–Crippen LogP) is 2.35. The van der Waals surface area contributed by atoms with E-state index in [4.69, 9.17) is 15.5 Å². The van der Waals surface area contributed by atoms with Crippen molar-refractivity contribution in [2.75, 3.05) is 7.11 Å². The van der Waals surface area contributed by atoms with Gasteiger partial charge in [0.2, 0.25) is 5.91 Å². The summed E-state index contributed by atoms with van der Waals surface area (Å²) in [4.78, 5) is 16.6. The molecule has 0 radical (unpaired) electrons. The smallest absolute Gasteiger partial charge is 0.220 e. The van der Waals surface area contributed by atoms with Gasteiger partial charge in [-0.25, -0.2) is 0 Å². The lowest BCUT2D eigenvalue weighted by Crippen LogP contribution is -2.17. The minimum absolute atomic E-state index is 0.0551. The molecule has 7 nitrogen and oxygen atoms in total. The molecule has 0 aliphatic carbocycles. The van der Waals surface area contributed by atoms with Crippen LogP contribution in [0.15, 0.2) is 53.5 Å². The average Bonchev–Trinajstić information content (AvgIpc) is 3.00. The Morgan fingerprint density at radius 3 is 2.67 bits per heavy atom. The lowest BCUT2D eigenvalue weighted by molar-refractivity contribution is -0.118. The number of aliphatic imine (C=N–C) groups is 1. The van der Waals surface area contributed by atoms with Crippen molar-refractivity contribution in [2.45, 2.75) is 19.4 Å². The average molecular weight is 361 g/mol. The van der Waals surface area contributed by atoms with Crippen molar-refractivity contribution in [3.8, 4) is 11.4 Å². The SMILES string of the molecule is COc1ccc2c(c1)C(c1ccccc1)=N[C@@H](CC(N)=O)c1nnc(C)n1-2. The van der Waals surface area contributed by atoms with E-state index in [0.29, 0.717) is 5.82 Å². The number of primary amides is 1. The van der Waals surface area contributed by atoms with Crippen LogP contribution in [-0.2, 0) is 4.79 Å². The number of aromatic nitrogens is 3. The van der Waals surface area contributed by atoms with Crippen molar-refractivity contribution < 1.29 is 9.53 Å². The number of benzene rings is 2. The number of rotatable bonds is 4. The first-order valence-electron chi connectivity index (χ1n) is 8.60. The number of hydrogen-bond donors (Lipinski definition) is 1. The van der Waals surface area contributed by atoms with Crippen LogP contribution < -0.4 is 10.5 Å². The zero-order chi connectivity index (χ0) is 19.0. The molecule has 1 aromatic heterocycles. The molecule has 1 amide bonds. The Labute approximate surface area is 156 Å². The maximum absolute atomic E-state index is 11.7. The van der Waals surface area contributed by atoms with Crippen molar-refractivity contribution in [3.05, 3.63) is 71.3 Å². The molecule has 2 N–H and O–H groups in total. The van der Waals surface area contributed by atoms with Gasteiger partial charge in [0, 0.05) is 11.1 Å². The number of aryl methyl sites for hydroxylation is 1. The van der Waals surface area contributed by atoms with E-state index in [1.807, 2.05) is 60.0 Å². The molecule has 1 aliphatic heterocycles. The van der Waals surface area contributed by atoms with Crippen molar-refractivity contribution in [1.29, 1.82) is 0 Å². The number of ether oxygens (including phenoxy) is 1. The molecule has 1 atom stereocenters. The normalized spacial score (nSPS) is 15.3. The standard InChI is InChI=1S/C20H19N5O2/c1-12-23-24-20-16(11-18(21)26)22-19(13-6-4-3-5-7-13)15-10-14(27-2)8-9-17(15)25(12)20/h3-10,16H,11H2,1-2H3,(H2,21,26)/t16-/m0/s1. The van der Waals surface area contributed by atoms with Gasteiger partial charge in [0.1, 0.15) is 17.6 Å². The fourth-order valence-electron chi connectivity index (χ4n) is 3.36. The van der Waals surface area contributed by atoms with Crippen molar-refractivity contribution in [2.24, 2.45) is 10.7 Å². The van der Waals surface area contributed by atoms with Gasteiger partial charge in [0.25, 0.3) is 0 Å². The lowest BCUT2D eigenvalue weighted by atomic mass is 10.00. The van der Waals surface area contributed by atoms with Gasteiger partial charge >= 0.3 is 0 Å². The Bertz CT molecular complexity index is 1040. The topological polar surface area (TPSA) is 95.4 Å². The molecule has 0 saturated carbocycles. The third-order valence-corrected chi connectivity index (χ3v) is 4.57. The number of methoxy groups -OCH3 is 1. The Kier molecular flexibility index (Phi) is 4.19. The van der Waals surface area contributed by atoms with Gasteiger partial charge in [-0.1, -0.05) is 30.3 Å². The zero-order valence-electron chi connectivity index (χ0n) is 15.1. The van der Waals surface area contributed by atoms with Gasteiger partial charge in [0.05, 0.1) is 24.9 Å². The van der Waals surface area contributed by atoms with Crippen LogP contribution >= 0.6 is 0 Å². The highest BCUT2D eigenvalue weighted by atomic mass is 16.5. The highest BCUT2D eigenvalue weighted by molar-refractivity contribution is 6.15.